The van der Waals surface area contributed by atoms with Crippen LogP contribution in [0, 0.1) is 12.3 Å². The largest absolute Gasteiger partial charge is 0.379 e. The summed E-state index contributed by atoms with van der Waals surface area (Å²) < 4.78 is 31.9. The second-order valence-corrected chi connectivity index (χ2v) is 4.67. The van der Waals surface area contributed by atoms with Crippen molar-refractivity contribution in [3.05, 3.63) is 0 Å². The first-order valence-electron chi connectivity index (χ1n) is 8.31. The monoisotopic (exact) mass is 332 g/mol. The van der Waals surface area contributed by atoms with Gasteiger partial charge in [0.1, 0.15) is 6.61 Å². The third kappa shape index (κ3) is 21.3. The molecule has 0 atom stereocenters. The van der Waals surface area contributed by atoms with Gasteiger partial charge in [-0.15, -0.1) is 6.42 Å². The Morgan fingerprint density at radius 1 is 0.565 bits per heavy atom. The lowest BCUT2D eigenvalue weighted by Gasteiger charge is -2.08. The maximum atomic E-state index is 5.38. The van der Waals surface area contributed by atoms with Crippen LogP contribution in [0.25, 0.3) is 0 Å². The van der Waals surface area contributed by atoms with Crippen LogP contribution in [0.2, 0.25) is 0 Å². The molecule has 0 saturated heterocycles. The zero-order chi connectivity index (χ0) is 16.8. The first kappa shape index (κ1) is 22.3. The van der Waals surface area contributed by atoms with E-state index in [-0.39, 0.29) is 0 Å². The van der Waals surface area contributed by atoms with Gasteiger partial charge in [-0.2, -0.15) is 0 Å². The minimum atomic E-state index is 0.326. The number of rotatable bonds is 19. The minimum absolute atomic E-state index is 0.326. The summed E-state index contributed by atoms with van der Waals surface area (Å²) in [6.07, 6.45) is 7.31. The zero-order valence-electron chi connectivity index (χ0n) is 14.4. The molecule has 0 rings (SSSR count). The molecule has 0 aliphatic rings. The quantitative estimate of drug-likeness (QED) is 0.264. The normalized spacial score (nSPS) is 10.8. The maximum absolute atomic E-state index is 5.38. The summed E-state index contributed by atoms with van der Waals surface area (Å²) in [5, 5.41) is 0. The second-order valence-electron chi connectivity index (χ2n) is 4.67. The van der Waals surface area contributed by atoms with Crippen molar-refractivity contribution in [2.24, 2.45) is 0 Å². The van der Waals surface area contributed by atoms with E-state index >= 15 is 0 Å². The fraction of sp³-hybridized carbons (Fsp3) is 0.882. The Balaban J connectivity index is 2.94. The summed E-state index contributed by atoms with van der Waals surface area (Å²) in [6.45, 7) is 8.94. The van der Waals surface area contributed by atoms with Gasteiger partial charge in [-0.1, -0.05) is 19.3 Å². The highest BCUT2D eigenvalue weighted by atomic mass is 16.6. The molecule has 0 amide bonds. The van der Waals surface area contributed by atoms with E-state index in [4.69, 9.17) is 34.8 Å². The van der Waals surface area contributed by atoms with Gasteiger partial charge >= 0.3 is 0 Å². The molecule has 0 aromatic heterocycles. The lowest BCUT2D eigenvalue weighted by atomic mass is 10.4. The Kier molecular flexibility index (Phi) is 20.7. The number of hydrogen-bond donors (Lipinski definition) is 0. The molecule has 6 nitrogen and oxygen atoms in total. The average Bonchev–Trinajstić information content (AvgIpc) is 2.57. The van der Waals surface area contributed by atoms with Gasteiger partial charge in [0.25, 0.3) is 0 Å². The highest BCUT2D eigenvalue weighted by molar-refractivity contribution is 4.82. The number of terminal acetylenes is 1. The zero-order valence-corrected chi connectivity index (χ0v) is 14.4. The lowest BCUT2D eigenvalue weighted by molar-refractivity contribution is -0.0156. The van der Waals surface area contributed by atoms with Gasteiger partial charge in [0, 0.05) is 6.61 Å². The highest BCUT2D eigenvalue weighted by Gasteiger charge is 1.93. The standard InChI is InChI=1S/C17H32O6/c1-3-5-7-19-9-11-21-13-15-23-17-16-22-14-12-20-10-8-18-6-4-2/h2H,3,5-17H2,1H3. The molecule has 0 heterocycles. The van der Waals surface area contributed by atoms with Crippen LogP contribution in [-0.2, 0) is 28.4 Å². The summed E-state index contributed by atoms with van der Waals surface area (Å²) in [4.78, 5) is 0. The molecular weight excluding hydrogens is 300 g/mol. The molecule has 6 heteroatoms. The van der Waals surface area contributed by atoms with E-state index in [2.05, 4.69) is 12.8 Å². The molecule has 0 bridgehead atoms. The molecule has 23 heavy (non-hydrogen) atoms. The van der Waals surface area contributed by atoms with E-state index in [1.165, 1.54) is 0 Å². The maximum Gasteiger partial charge on any atom is 0.107 e. The molecule has 136 valence electrons. The first-order chi connectivity index (χ1) is 11.4. The summed E-state index contributed by atoms with van der Waals surface area (Å²) in [6, 6.07) is 0. The summed E-state index contributed by atoms with van der Waals surface area (Å²) in [5.74, 6) is 2.39. The minimum Gasteiger partial charge on any atom is -0.379 e. The van der Waals surface area contributed by atoms with Crippen LogP contribution in [0.4, 0.5) is 0 Å². The molecule has 0 radical (unpaired) electrons. The van der Waals surface area contributed by atoms with Crippen molar-refractivity contribution in [1.29, 1.82) is 0 Å². The molecular formula is C17H32O6. The Hall–Kier alpha value is -0.680. The lowest BCUT2D eigenvalue weighted by Crippen LogP contribution is -2.14. The van der Waals surface area contributed by atoms with Crippen LogP contribution in [0.3, 0.4) is 0 Å². The molecule has 0 spiro atoms. The van der Waals surface area contributed by atoms with Crippen molar-refractivity contribution < 1.29 is 28.4 Å². The molecule has 0 saturated carbocycles. The summed E-state index contributed by atoms with van der Waals surface area (Å²) >= 11 is 0. The number of hydrogen-bond acceptors (Lipinski definition) is 6. The molecule has 0 fully saturated rings. The Morgan fingerprint density at radius 3 is 1.26 bits per heavy atom. The van der Waals surface area contributed by atoms with E-state index < -0.39 is 0 Å². The third-order valence-electron chi connectivity index (χ3n) is 2.69. The van der Waals surface area contributed by atoms with Crippen LogP contribution >= 0.6 is 0 Å². The Bertz CT molecular complexity index is 254. The van der Waals surface area contributed by atoms with E-state index in [9.17, 15) is 0 Å². The first-order valence-corrected chi connectivity index (χ1v) is 8.31. The van der Waals surface area contributed by atoms with Crippen molar-refractivity contribution >= 4 is 0 Å². The molecule has 0 aliphatic heterocycles. The molecule has 0 aromatic carbocycles. The van der Waals surface area contributed by atoms with E-state index in [0.717, 1.165) is 19.4 Å². The van der Waals surface area contributed by atoms with Crippen LogP contribution in [-0.4, -0.2) is 79.3 Å². The van der Waals surface area contributed by atoms with Gasteiger partial charge in [0.05, 0.1) is 66.1 Å². The third-order valence-corrected chi connectivity index (χ3v) is 2.69. The predicted molar refractivity (Wildman–Crippen MR) is 88.7 cm³/mol. The number of unbranched alkanes of at least 4 members (excludes halogenated alkanes) is 1. The van der Waals surface area contributed by atoms with Crippen LogP contribution in [0.1, 0.15) is 19.8 Å². The Labute approximate surface area is 140 Å². The van der Waals surface area contributed by atoms with Crippen molar-refractivity contribution in [2.45, 2.75) is 19.8 Å². The average molecular weight is 332 g/mol. The SMILES string of the molecule is C#CCOCCOCCOCCOCCOCCOCCCC. The predicted octanol–water partition coefficient (Wildman–Crippen LogP) is 1.52. The van der Waals surface area contributed by atoms with Crippen LogP contribution in [0.5, 0.6) is 0 Å². The molecule has 0 aromatic rings. The molecule has 0 N–H and O–H groups in total. The summed E-state index contributed by atoms with van der Waals surface area (Å²) in [7, 11) is 0. The van der Waals surface area contributed by atoms with E-state index in [0.29, 0.717) is 72.7 Å². The van der Waals surface area contributed by atoms with Crippen molar-refractivity contribution in [1.82, 2.24) is 0 Å². The summed E-state index contributed by atoms with van der Waals surface area (Å²) in [5.41, 5.74) is 0. The highest BCUT2D eigenvalue weighted by Crippen LogP contribution is 1.88. The van der Waals surface area contributed by atoms with Gasteiger partial charge in [-0.05, 0) is 6.42 Å². The van der Waals surface area contributed by atoms with E-state index in [1.54, 1.807) is 0 Å². The van der Waals surface area contributed by atoms with Crippen LogP contribution < -0.4 is 0 Å². The van der Waals surface area contributed by atoms with Gasteiger partial charge < -0.3 is 28.4 Å². The Morgan fingerprint density at radius 2 is 0.913 bits per heavy atom. The van der Waals surface area contributed by atoms with Gasteiger partial charge in [-0.3, -0.25) is 0 Å². The topological polar surface area (TPSA) is 55.4 Å². The smallest absolute Gasteiger partial charge is 0.107 e. The molecule has 0 unspecified atom stereocenters. The van der Waals surface area contributed by atoms with Gasteiger partial charge in [0.2, 0.25) is 0 Å². The fourth-order valence-electron chi connectivity index (χ4n) is 1.48. The van der Waals surface area contributed by atoms with Crippen molar-refractivity contribution in [3.8, 4) is 12.3 Å². The van der Waals surface area contributed by atoms with Crippen molar-refractivity contribution in [3.63, 3.8) is 0 Å². The fourth-order valence-corrected chi connectivity index (χ4v) is 1.48. The van der Waals surface area contributed by atoms with Gasteiger partial charge in [0.15, 0.2) is 0 Å². The molecule has 0 aliphatic carbocycles. The van der Waals surface area contributed by atoms with Crippen molar-refractivity contribution in [2.75, 3.05) is 79.3 Å². The van der Waals surface area contributed by atoms with E-state index in [1.807, 2.05) is 0 Å². The van der Waals surface area contributed by atoms with Gasteiger partial charge in [-0.25, -0.2) is 0 Å². The number of ether oxygens (including phenoxy) is 6. The van der Waals surface area contributed by atoms with Crippen LogP contribution in [0.15, 0.2) is 0 Å². The second kappa shape index (κ2) is 21.3.